The van der Waals surface area contributed by atoms with Crippen LogP contribution in [-0.2, 0) is 27.1 Å². The summed E-state index contributed by atoms with van der Waals surface area (Å²) in [5.41, 5.74) is 1.74. The molecule has 0 aliphatic heterocycles. The van der Waals surface area contributed by atoms with E-state index in [2.05, 4.69) is 14.9 Å². The molecule has 0 spiro atoms. The molecule has 2 aromatic heterocycles. The number of hydrogen-bond acceptors (Lipinski definition) is 9. The van der Waals surface area contributed by atoms with Crippen LogP contribution in [-0.4, -0.2) is 40.6 Å². The molecule has 8 nitrogen and oxygen atoms in total. The van der Waals surface area contributed by atoms with Crippen molar-refractivity contribution in [2.45, 2.75) is 40.5 Å². The molecule has 0 unspecified atom stereocenters. The van der Waals surface area contributed by atoms with Crippen molar-refractivity contribution in [3.63, 3.8) is 0 Å². The van der Waals surface area contributed by atoms with E-state index in [9.17, 15) is 14.4 Å². The van der Waals surface area contributed by atoms with E-state index in [-0.39, 0.29) is 11.5 Å². The molecule has 2 aromatic rings. The number of thiophene rings is 1. The molecule has 146 valence electrons. The van der Waals surface area contributed by atoms with E-state index in [1.807, 2.05) is 20.8 Å². The number of aromatic nitrogens is 2. The summed E-state index contributed by atoms with van der Waals surface area (Å²) in [6.45, 7) is 7.15. The average Bonchev–Trinajstić information content (AvgIpc) is 3.23. The van der Waals surface area contributed by atoms with Crippen molar-refractivity contribution in [3.8, 4) is 0 Å². The van der Waals surface area contributed by atoms with E-state index in [1.165, 1.54) is 11.3 Å². The molecule has 2 heterocycles. The molecule has 27 heavy (non-hydrogen) atoms. The maximum absolute atomic E-state index is 12.3. The van der Waals surface area contributed by atoms with Gasteiger partial charge in [0, 0.05) is 4.88 Å². The molecular weight excluding hydrogens is 390 g/mol. The third-order valence-electron chi connectivity index (χ3n) is 3.71. The van der Waals surface area contributed by atoms with Gasteiger partial charge in [-0.05, 0) is 43.8 Å². The van der Waals surface area contributed by atoms with Crippen molar-refractivity contribution in [3.05, 3.63) is 26.6 Å². The zero-order chi connectivity index (χ0) is 20.0. The fraction of sp³-hybridized carbons (Fsp3) is 0.471. The smallest absolute Gasteiger partial charge is 0.352 e. The number of nitrogens with one attached hydrogen (secondary N) is 1. The van der Waals surface area contributed by atoms with E-state index >= 15 is 0 Å². The number of anilines is 1. The fourth-order valence-corrected chi connectivity index (χ4v) is 4.26. The highest BCUT2D eigenvalue weighted by Gasteiger charge is 2.24. The monoisotopic (exact) mass is 411 g/mol. The Hall–Kier alpha value is -2.33. The van der Waals surface area contributed by atoms with Crippen LogP contribution >= 0.6 is 22.9 Å². The number of hydrogen-bond donors (Lipinski definition) is 1. The molecule has 10 heteroatoms. The van der Waals surface area contributed by atoms with Gasteiger partial charge in [0.15, 0.2) is 11.5 Å². The summed E-state index contributed by atoms with van der Waals surface area (Å²) < 4.78 is 13.9. The minimum atomic E-state index is -0.640. The average molecular weight is 412 g/mol. The number of nitrogens with zero attached hydrogens (tertiary/aromatic N) is 2. The van der Waals surface area contributed by atoms with Crippen LogP contribution < -0.4 is 5.32 Å². The number of ether oxygens (including phenoxy) is 2. The van der Waals surface area contributed by atoms with E-state index < -0.39 is 24.5 Å². The Bertz CT molecular complexity index is 844. The molecule has 0 saturated carbocycles. The third kappa shape index (κ3) is 4.89. The van der Waals surface area contributed by atoms with Gasteiger partial charge in [-0.3, -0.25) is 4.79 Å². The number of carbonyl (C=O) groups excluding carboxylic acids is 3. The molecule has 0 aliphatic rings. The first-order chi connectivity index (χ1) is 12.9. The van der Waals surface area contributed by atoms with Crippen molar-refractivity contribution in [2.75, 3.05) is 18.5 Å². The van der Waals surface area contributed by atoms with Crippen LogP contribution in [0.5, 0.6) is 0 Å². The molecular formula is C17H21N3O5S2. The Kier molecular flexibility index (Phi) is 7.43. The number of esters is 2. The number of aryl methyl sites for hydroxylation is 2. The minimum Gasteiger partial charge on any atom is -0.462 e. The van der Waals surface area contributed by atoms with Crippen LogP contribution in [0.15, 0.2) is 0 Å². The predicted molar refractivity (Wildman–Crippen MR) is 103 cm³/mol. The molecule has 0 bridgehead atoms. The van der Waals surface area contributed by atoms with Gasteiger partial charge in [0.1, 0.15) is 5.00 Å². The summed E-state index contributed by atoms with van der Waals surface area (Å²) in [4.78, 5) is 37.8. The van der Waals surface area contributed by atoms with Gasteiger partial charge in [-0.15, -0.1) is 16.4 Å². The van der Waals surface area contributed by atoms with Crippen LogP contribution in [0.1, 0.15) is 56.9 Å². The lowest BCUT2D eigenvalue weighted by Gasteiger charge is -2.08. The summed E-state index contributed by atoms with van der Waals surface area (Å²) in [5, 5.41) is 6.89. The summed E-state index contributed by atoms with van der Waals surface area (Å²) in [6, 6.07) is 0. The lowest BCUT2D eigenvalue weighted by Crippen LogP contribution is -2.22. The van der Waals surface area contributed by atoms with Crippen molar-refractivity contribution >= 4 is 45.7 Å². The second-order valence-corrected chi connectivity index (χ2v) is 7.42. The van der Waals surface area contributed by atoms with Crippen LogP contribution in [0, 0.1) is 6.92 Å². The first-order valence-corrected chi connectivity index (χ1v) is 10.1. The Morgan fingerprint density at radius 2 is 1.81 bits per heavy atom. The predicted octanol–water partition coefficient (Wildman–Crippen LogP) is 3.01. The van der Waals surface area contributed by atoms with Gasteiger partial charge >= 0.3 is 11.9 Å². The lowest BCUT2D eigenvalue weighted by molar-refractivity contribution is -0.119. The van der Waals surface area contributed by atoms with Crippen LogP contribution in [0.25, 0.3) is 0 Å². The van der Waals surface area contributed by atoms with Gasteiger partial charge in [0.05, 0.1) is 17.9 Å². The zero-order valence-electron chi connectivity index (χ0n) is 15.6. The Labute approximate surface area is 165 Å². The Balaban J connectivity index is 2.07. The number of carbonyl (C=O) groups is 3. The largest absolute Gasteiger partial charge is 0.462 e. The zero-order valence-corrected chi connectivity index (χ0v) is 17.2. The number of amides is 1. The first kappa shape index (κ1) is 21.0. The maximum Gasteiger partial charge on any atom is 0.352 e. The van der Waals surface area contributed by atoms with Crippen molar-refractivity contribution in [1.29, 1.82) is 0 Å². The van der Waals surface area contributed by atoms with Gasteiger partial charge in [0.25, 0.3) is 5.91 Å². The maximum atomic E-state index is 12.3. The highest BCUT2D eigenvalue weighted by molar-refractivity contribution is 7.16. The molecule has 1 amide bonds. The van der Waals surface area contributed by atoms with Crippen molar-refractivity contribution < 1.29 is 23.9 Å². The standard InChI is InChI=1S/C17H21N3O5S2/c1-5-10-9(4)26-15(13(10)16(22)24-7-3)18-12(21)8-25-17(23)14-11(6-2)19-20-27-14/h5-8H2,1-4H3,(H,18,21). The first-order valence-electron chi connectivity index (χ1n) is 8.50. The molecule has 0 fully saturated rings. The molecule has 0 atom stereocenters. The van der Waals surface area contributed by atoms with Gasteiger partial charge in [0.2, 0.25) is 0 Å². The van der Waals surface area contributed by atoms with Crippen molar-refractivity contribution in [2.24, 2.45) is 0 Å². The van der Waals surface area contributed by atoms with Gasteiger partial charge in [-0.1, -0.05) is 18.3 Å². The van der Waals surface area contributed by atoms with E-state index in [0.29, 0.717) is 29.1 Å². The summed E-state index contributed by atoms with van der Waals surface area (Å²) >= 11 is 2.23. The van der Waals surface area contributed by atoms with Crippen LogP contribution in [0.2, 0.25) is 0 Å². The number of rotatable bonds is 8. The summed E-state index contributed by atoms with van der Waals surface area (Å²) in [6.07, 6.45) is 1.18. The topological polar surface area (TPSA) is 107 Å². The van der Waals surface area contributed by atoms with Gasteiger partial charge in [-0.25, -0.2) is 9.59 Å². The highest BCUT2D eigenvalue weighted by Crippen LogP contribution is 2.34. The van der Waals surface area contributed by atoms with Crippen molar-refractivity contribution in [1.82, 2.24) is 9.59 Å². The fourth-order valence-electron chi connectivity index (χ4n) is 2.47. The minimum absolute atomic E-state index is 0.241. The molecule has 0 radical (unpaired) electrons. The molecule has 1 N–H and O–H groups in total. The molecule has 0 aliphatic carbocycles. The molecule has 0 saturated heterocycles. The van der Waals surface area contributed by atoms with Gasteiger partial charge < -0.3 is 14.8 Å². The van der Waals surface area contributed by atoms with Crippen LogP contribution in [0.3, 0.4) is 0 Å². The van der Waals surface area contributed by atoms with E-state index in [4.69, 9.17) is 9.47 Å². The summed E-state index contributed by atoms with van der Waals surface area (Å²) in [5.74, 6) is -1.65. The Morgan fingerprint density at radius 1 is 1.07 bits per heavy atom. The SMILES string of the molecule is CCOC(=O)c1c(NC(=O)COC(=O)c2snnc2CC)sc(C)c1CC. The molecule has 0 aromatic carbocycles. The van der Waals surface area contributed by atoms with Crippen LogP contribution in [0.4, 0.5) is 5.00 Å². The lowest BCUT2D eigenvalue weighted by atomic mass is 10.1. The second-order valence-electron chi connectivity index (χ2n) is 5.44. The molecule has 2 rings (SSSR count). The summed E-state index contributed by atoms with van der Waals surface area (Å²) in [7, 11) is 0. The van der Waals surface area contributed by atoms with Gasteiger partial charge in [-0.2, -0.15) is 0 Å². The second kappa shape index (κ2) is 9.56. The normalized spacial score (nSPS) is 10.5. The quantitative estimate of drug-likeness (QED) is 0.665. The van der Waals surface area contributed by atoms with E-state index in [0.717, 1.165) is 22.0 Å². The Morgan fingerprint density at radius 3 is 2.44 bits per heavy atom. The third-order valence-corrected chi connectivity index (χ3v) is 5.52. The highest BCUT2D eigenvalue weighted by atomic mass is 32.1. The van der Waals surface area contributed by atoms with E-state index in [1.54, 1.807) is 6.92 Å².